The van der Waals surface area contributed by atoms with Gasteiger partial charge in [-0.25, -0.2) is 9.59 Å². The third-order valence-corrected chi connectivity index (χ3v) is 7.16. The molecule has 180 valence electrons. The van der Waals surface area contributed by atoms with Crippen LogP contribution in [0, 0.1) is 13.8 Å². The van der Waals surface area contributed by atoms with Crippen molar-refractivity contribution in [1.29, 1.82) is 0 Å². The van der Waals surface area contributed by atoms with E-state index in [1.54, 1.807) is 24.3 Å². The summed E-state index contributed by atoms with van der Waals surface area (Å²) in [5.41, 5.74) is 3.15. The SMILES string of the molecule is Cc1ccc(C(=O)OC2CC(OC(=O)c3ccc(C)cc3)C3OC4(CCCCC4)OC3C2)cc1. The second kappa shape index (κ2) is 9.51. The Morgan fingerprint density at radius 3 is 1.91 bits per heavy atom. The molecule has 6 nitrogen and oxygen atoms in total. The first-order valence-corrected chi connectivity index (χ1v) is 12.3. The fourth-order valence-electron chi connectivity index (χ4n) is 5.28. The van der Waals surface area contributed by atoms with Gasteiger partial charge in [0.25, 0.3) is 0 Å². The van der Waals surface area contributed by atoms with E-state index < -0.39 is 24.0 Å². The Bertz CT molecular complexity index is 1020. The van der Waals surface area contributed by atoms with E-state index in [-0.39, 0.29) is 18.2 Å². The van der Waals surface area contributed by atoms with E-state index in [9.17, 15) is 9.59 Å². The maximum absolute atomic E-state index is 12.9. The molecule has 1 spiro atoms. The Labute approximate surface area is 200 Å². The fraction of sp³-hybridized carbons (Fsp3) is 0.500. The zero-order valence-corrected chi connectivity index (χ0v) is 19.8. The van der Waals surface area contributed by atoms with Crippen LogP contribution in [0.15, 0.2) is 48.5 Å². The molecule has 1 saturated heterocycles. The lowest BCUT2D eigenvalue weighted by Gasteiger charge is -2.35. The van der Waals surface area contributed by atoms with Gasteiger partial charge in [0, 0.05) is 25.7 Å². The van der Waals surface area contributed by atoms with Crippen LogP contribution in [0.1, 0.15) is 76.8 Å². The predicted octanol–water partition coefficient (Wildman–Crippen LogP) is 5.29. The molecule has 6 heteroatoms. The average molecular weight is 465 g/mol. The molecule has 4 unspecified atom stereocenters. The van der Waals surface area contributed by atoms with Gasteiger partial charge in [-0.1, -0.05) is 41.8 Å². The van der Waals surface area contributed by atoms with E-state index >= 15 is 0 Å². The van der Waals surface area contributed by atoms with E-state index in [1.165, 1.54) is 6.42 Å². The monoisotopic (exact) mass is 464 g/mol. The first kappa shape index (κ1) is 23.1. The van der Waals surface area contributed by atoms with Crippen LogP contribution in [0.4, 0.5) is 0 Å². The Balaban J connectivity index is 1.33. The van der Waals surface area contributed by atoms with Crippen molar-refractivity contribution in [1.82, 2.24) is 0 Å². The first-order valence-electron chi connectivity index (χ1n) is 12.3. The summed E-state index contributed by atoms with van der Waals surface area (Å²) in [7, 11) is 0. The van der Waals surface area contributed by atoms with Crippen LogP contribution in [0.2, 0.25) is 0 Å². The zero-order valence-electron chi connectivity index (χ0n) is 19.8. The molecule has 1 aliphatic heterocycles. The van der Waals surface area contributed by atoms with Crippen molar-refractivity contribution in [2.45, 2.75) is 89.0 Å². The molecule has 0 amide bonds. The Morgan fingerprint density at radius 2 is 1.32 bits per heavy atom. The van der Waals surface area contributed by atoms with Crippen LogP contribution >= 0.6 is 0 Å². The molecular weight excluding hydrogens is 432 g/mol. The summed E-state index contributed by atoms with van der Waals surface area (Å²) in [5.74, 6) is -1.39. The second-order valence-electron chi connectivity index (χ2n) is 9.88. The Morgan fingerprint density at radius 1 is 0.765 bits per heavy atom. The maximum atomic E-state index is 12.9. The molecule has 34 heavy (non-hydrogen) atoms. The summed E-state index contributed by atoms with van der Waals surface area (Å²) in [6.45, 7) is 3.95. The molecule has 2 aliphatic carbocycles. The highest BCUT2D eigenvalue weighted by Gasteiger charge is 2.55. The molecule has 0 radical (unpaired) electrons. The molecule has 2 aromatic rings. The van der Waals surface area contributed by atoms with Crippen LogP contribution in [0.5, 0.6) is 0 Å². The molecule has 2 saturated carbocycles. The third kappa shape index (κ3) is 4.89. The van der Waals surface area contributed by atoms with Gasteiger partial charge in [-0.15, -0.1) is 0 Å². The van der Waals surface area contributed by atoms with Gasteiger partial charge in [0.05, 0.1) is 17.2 Å². The highest BCUT2D eigenvalue weighted by Crippen LogP contribution is 2.46. The second-order valence-corrected chi connectivity index (χ2v) is 9.88. The number of hydrogen-bond donors (Lipinski definition) is 0. The number of hydrogen-bond acceptors (Lipinski definition) is 6. The number of esters is 2. The van der Waals surface area contributed by atoms with E-state index in [1.807, 2.05) is 38.1 Å². The van der Waals surface area contributed by atoms with E-state index in [0.29, 0.717) is 24.0 Å². The van der Waals surface area contributed by atoms with Crippen molar-refractivity contribution in [3.05, 3.63) is 70.8 Å². The normalized spacial score (nSPS) is 27.7. The summed E-state index contributed by atoms with van der Waals surface area (Å²) < 4.78 is 24.8. The van der Waals surface area contributed by atoms with Gasteiger partial charge in [0.15, 0.2) is 5.79 Å². The van der Waals surface area contributed by atoms with E-state index in [0.717, 1.165) is 36.8 Å². The number of fused-ring (bicyclic) bond motifs is 1. The molecule has 4 atom stereocenters. The van der Waals surface area contributed by atoms with Crippen molar-refractivity contribution < 1.29 is 28.5 Å². The lowest BCUT2D eigenvalue weighted by atomic mass is 9.89. The fourth-order valence-corrected chi connectivity index (χ4v) is 5.28. The number of benzene rings is 2. The third-order valence-electron chi connectivity index (χ3n) is 7.16. The molecule has 2 aromatic carbocycles. The summed E-state index contributed by atoms with van der Waals surface area (Å²) >= 11 is 0. The van der Waals surface area contributed by atoms with Crippen LogP contribution in [0.3, 0.4) is 0 Å². The molecule has 0 bridgehead atoms. The quantitative estimate of drug-likeness (QED) is 0.573. The minimum atomic E-state index is -0.613. The van der Waals surface area contributed by atoms with Gasteiger partial charge in [-0.05, 0) is 51.0 Å². The predicted molar refractivity (Wildman–Crippen MR) is 126 cm³/mol. The number of carbonyl (C=O) groups excluding carboxylic acids is 2. The summed E-state index contributed by atoms with van der Waals surface area (Å²) in [4.78, 5) is 25.7. The van der Waals surface area contributed by atoms with Crippen molar-refractivity contribution in [2.75, 3.05) is 0 Å². The van der Waals surface area contributed by atoms with Crippen molar-refractivity contribution in [2.24, 2.45) is 0 Å². The Hall–Kier alpha value is -2.70. The molecule has 0 aromatic heterocycles. The standard InChI is InChI=1S/C28H32O6/c1-18-6-10-20(11-7-18)26(29)31-22-16-23(32-27(30)21-12-8-19(2)9-13-21)25-24(17-22)33-28(34-25)14-4-3-5-15-28/h6-13,22-25H,3-5,14-17H2,1-2H3. The number of rotatable bonds is 4. The van der Waals surface area contributed by atoms with Crippen molar-refractivity contribution >= 4 is 11.9 Å². The number of carbonyl (C=O) groups is 2. The molecule has 0 N–H and O–H groups in total. The molecule has 1 heterocycles. The van der Waals surface area contributed by atoms with Crippen LogP contribution in [-0.2, 0) is 18.9 Å². The lowest BCUT2D eigenvalue weighted by molar-refractivity contribution is -0.198. The first-order chi connectivity index (χ1) is 16.4. The van der Waals surface area contributed by atoms with Crippen LogP contribution in [-0.4, -0.2) is 42.1 Å². The van der Waals surface area contributed by atoms with Crippen molar-refractivity contribution in [3.8, 4) is 0 Å². The van der Waals surface area contributed by atoms with Crippen molar-refractivity contribution in [3.63, 3.8) is 0 Å². The van der Waals surface area contributed by atoms with Gasteiger partial charge in [0.2, 0.25) is 0 Å². The largest absolute Gasteiger partial charge is 0.459 e. The van der Waals surface area contributed by atoms with Crippen LogP contribution in [0.25, 0.3) is 0 Å². The van der Waals surface area contributed by atoms with Gasteiger partial charge < -0.3 is 18.9 Å². The smallest absolute Gasteiger partial charge is 0.338 e. The molecular formula is C28H32O6. The van der Waals surface area contributed by atoms with Gasteiger partial charge in [-0.2, -0.15) is 0 Å². The Kier molecular flexibility index (Phi) is 6.45. The minimum absolute atomic E-state index is 0.279. The van der Waals surface area contributed by atoms with Gasteiger partial charge in [0.1, 0.15) is 18.3 Å². The van der Waals surface area contributed by atoms with Crippen LogP contribution < -0.4 is 0 Å². The van der Waals surface area contributed by atoms with E-state index in [4.69, 9.17) is 18.9 Å². The molecule has 3 fully saturated rings. The van der Waals surface area contributed by atoms with Gasteiger partial charge in [-0.3, -0.25) is 0 Å². The lowest BCUT2D eigenvalue weighted by Crippen LogP contribution is -2.48. The minimum Gasteiger partial charge on any atom is -0.459 e. The molecule has 3 aliphatic rings. The maximum Gasteiger partial charge on any atom is 0.338 e. The summed E-state index contributed by atoms with van der Waals surface area (Å²) in [6.07, 6.45) is 4.26. The highest BCUT2D eigenvalue weighted by molar-refractivity contribution is 5.90. The number of aryl methyl sites for hydroxylation is 2. The highest BCUT2D eigenvalue weighted by atomic mass is 16.8. The topological polar surface area (TPSA) is 71.1 Å². The molecule has 5 rings (SSSR count). The number of ether oxygens (including phenoxy) is 4. The summed E-state index contributed by atoms with van der Waals surface area (Å²) in [6, 6.07) is 14.6. The average Bonchev–Trinajstić information content (AvgIpc) is 3.17. The zero-order chi connectivity index (χ0) is 23.7. The van der Waals surface area contributed by atoms with Gasteiger partial charge >= 0.3 is 11.9 Å². The summed E-state index contributed by atoms with van der Waals surface area (Å²) in [5, 5.41) is 0. The van der Waals surface area contributed by atoms with E-state index in [2.05, 4.69) is 0 Å².